The third kappa shape index (κ3) is 7.61. The highest BCUT2D eigenvalue weighted by atomic mass is 16.6. The Morgan fingerprint density at radius 2 is 1.65 bits per heavy atom. The molecule has 0 saturated carbocycles. The summed E-state index contributed by atoms with van der Waals surface area (Å²) in [6.07, 6.45) is 8.39. The van der Waals surface area contributed by atoms with Gasteiger partial charge in [-0.2, -0.15) is 0 Å². The van der Waals surface area contributed by atoms with Crippen LogP contribution < -0.4 is 0 Å². The van der Waals surface area contributed by atoms with Crippen LogP contribution in [-0.4, -0.2) is 62.4 Å². The van der Waals surface area contributed by atoms with Gasteiger partial charge in [0.1, 0.15) is 12.7 Å². The van der Waals surface area contributed by atoms with E-state index in [-0.39, 0.29) is 12.7 Å². The predicted octanol–water partition coefficient (Wildman–Crippen LogP) is 1.68. The molecule has 1 fully saturated rings. The van der Waals surface area contributed by atoms with Crippen LogP contribution in [0.2, 0.25) is 0 Å². The summed E-state index contributed by atoms with van der Waals surface area (Å²) in [4.78, 5) is 25.0. The van der Waals surface area contributed by atoms with Crippen LogP contribution in [0, 0.1) is 0 Å². The lowest BCUT2D eigenvalue weighted by Crippen LogP contribution is -2.36. The van der Waals surface area contributed by atoms with E-state index < -0.39 is 11.9 Å². The Labute approximate surface area is 137 Å². The molecule has 0 radical (unpaired) electrons. The van der Waals surface area contributed by atoms with Crippen molar-refractivity contribution in [2.45, 2.75) is 44.6 Å². The molecule has 130 valence electrons. The summed E-state index contributed by atoms with van der Waals surface area (Å²) >= 11 is 0. The molecule has 2 heterocycles. The number of hydrogen-bond donors (Lipinski definition) is 0. The number of unbranched alkanes of at least 4 members (excludes halogenated alkanes) is 4. The van der Waals surface area contributed by atoms with Crippen LogP contribution in [0.4, 0.5) is 0 Å². The minimum Gasteiger partial charge on any atom is -0.459 e. The van der Waals surface area contributed by atoms with Crippen molar-refractivity contribution in [3.8, 4) is 0 Å². The third-order valence-electron chi connectivity index (χ3n) is 4.15. The Balaban J connectivity index is 1.48. The Morgan fingerprint density at radius 1 is 0.957 bits per heavy atom. The van der Waals surface area contributed by atoms with Crippen molar-refractivity contribution in [2.75, 3.05) is 39.5 Å². The molecule has 6 heteroatoms. The van der Waals surface area contributed by atoms with Crippen molar-refractivity contribution >= 4 is 11.9 Å². The molecule has 2 aliphatic rings. The minimum absolute atomic E-state index is 0.159. The molecule has 0 bridgehead atoms. The summed E-state index contributed by atoms with van der Waals surface area (Å²) in [7, 11) is 0. The van der Waals surface area contributed by atoms with Crippen molar-refractivity contribution in [1.82, 2.24) is 4.90 Å². The maximum absolute atomic E-state index is 11.4. The van der Waals surface area contributed by atoms with Crippen molar-refractivity contribution in [3.05, 3.63) is 12.2 Å². The molecule has 0 spiro atoms. The zero-order chi connectivity index (χ0) is 16.3. The van der Waals surface area contributed by atoms with Crippen molar-refractivity contribution in [3.63, 3.8) is 0 Å². The van der Waals surface area contributed by atoms with Crippen molar-refractivity contribution < 1.29 is 23.8 Å². The van der Waals surface area contributed by atoms with Crippen LogP contribution in [0.25, 0.3) is 0 Å². The average Bonchev–Trinajstić information content (AvgIpc) is 2.56. The lowest BCUT2D eigenvalue weighted by molar-refractivity contribution is -0.155. The molecule has 0 aromatic heterocycles. The highest BCUT2D eigenvalue weighted by Crippen LogP contribution is 2.12. The van der Waals surface area contributed by atoms with Gasteiger partial charge in [0.15, 0.2) is 0 Å². The van der Waals surface area contributed by atoms with Crippen LogP contribution in [-0.2, 0) is 23.8 Å². The fourth-order valence-electron chi connectivity index (χ4n) is 2.80. The fourth-order valence-corrected chi connectivity index (χ4v) is 2.80. The molecule has 0 amide bonds. The first kappa shape index (κ1) is 17.9. The molecule has 0 aliphatic carbocycles. The third-order valence-corrected chi connectivity index (χ3v) is 4.15. The highest BCUT2D eigenvalue weighted by molar-refractivity contribution is 5.92. The van der Waals surface area contributed by atoms with Gasteiger partial charge in [-0.3, -0.25) is 4.90 Å². The number of carbonyl (C=O) groups is 2. The standard InChI is InChI=1S/C17H27NO5/c19-16-7-8-17(20)23-15(14-22-16)6-4-2-1-3-5-9-18-10-12-21-13-11-18/h7-8,15H,1-6,9-14H2/b8-7-. The highest BCUT2D eigenvalue weighted by Gasteiger charge is 2.17. The Bertz CT molecular complexity index is 404. The van der Waals surface area contributed by atoms with Gasteiger partial charge in [-0.25, -0.2) is 9.59 Å². The summed E-state index contributed by atoms with van der Waals surface area (Å²) in [6.45, 7) is 5.15. The fraction of sp³-hybridized carbons (Fsp3) is 0.765. The largest absolute Gasteiger partial charge is 0.459 e. The smallest absolute Gasteiger partial charge is 0.331 e. The molecule has 6 nitrogen and oxygen atoms in total. The number of esters is 2. The number of carbonyl (C=O) groups excluding carboxylic acids is 2. The summed E-state index contributed by atoms with van der Waals surface area (Å²) in [5, 5.41) is 0. The van der Waals surface area contributed by atoms with E-state index in [1.165, 1.54) is 19.3 Å². The number of morpholine rings is 1. The molecule has 0 aromatic rings. The molecule has 1 atom stereocenters. The minimum atomic E-state index is -0.477. The average molecular weight is 325 g/mol. The first-order valence-electron chi connectivity index (χ1n) is 8.59. The summed E-state index contributed by atoms with van der Waals surface area (Å²) < 4.78 is 15.5. The first-order valence-corrected chi connectivity index (χ1v) is 8.59. The van der Waals surface area contributed by atoms with Crippen LogP contribution >= 0.6 is 0 Å². The number of ether oxygens (including phenoxy) is 3. The quantitative estimate of drug-likeness (QED) is 0.500. The van der Waals surface area contributed by atoms with Gasteiger partial charge in [-0.05, 0) is 25.8 Å². The topological polar surface area (TPSA) is 65.1 Å². The van der Waals surface area contributed by atoms with Gasteiger partial charge in [0.25, 0.3) is 0 Å². The van der Waals surface area contributed by atoms with Gasteiger partial charge in [0.2, 0.25) is 0 Å². The van der Waals surface area contributed by atoms with E-state index in [4.69, 9.17) is 14.2 Å². The van der Waals surface area contributed by atoms with E-state index in [1.807, 2.05) is 0 Å². The molecule has 23 heavy (non-hydrogen) atoms. The number of nitrogens with zero attached hydrogens (tertiary/aromatic N) is 1. The molecule has 0 N–H and O–H groups in total. The lowest BCUT2D eigenvalue weighted by atomic mass is 10.1. The second-order valence-electron chi connectivity index (χ2n) is 6.03. The number of hydrogen-bond acceptors (Lipinski definition) is 6. The van der Waals surface area contributed by atoms with Gasteiger partial charge in [0.05, 0.1) is 13.2 Å². The van der Waals surface area contributed by atoms with Gasteiger partial charge < -0.3 is 14.2 Å². The van der Waals surface area contributed by atoms with Crippen LogP contribution in [0.5, 0.6) is 0 Å². The molecule has 1 unspecified atom stereocenters. The molecule has 2 rings (SSSR count). The van der Waals surface area contributed by atoms with E-state index in [1.54, 1.807) is 0 Å². The van der Waals surface area contributed by atoms with Crippen LogP contribution in [0.3, 0.4) is 0 Å². The molecule has 1 saturated heterocycles. The van der Waals surface area contributed by atoms with Crippen LogP contribution in [0.15, 0.2) is 12.2 Å². The lowest BCUT2D eigenvalue weighted by Gasteiger charge is -2.26. The normalized spacial score (nSPS) is 24.4. The Morgan fingerprint density at radius 3 is 2.48 bits per heavy atom. The van der Waals surface area contributed by atoms with Gasteiger partial charge in [0, 0.05) is 25.2 Å². The number of cyclic esters (lactones) is 2. The summed E-state index contributed by atoms with van der Waals surface area (Å²) in [5.74, 6) is -0.938. The molecular weight excluding hydrogens is 298 g/mol. The Kier molecular flexibility index (Phi) is 8.11. The van der Waals surface area contributed by atoms with Crippen molar-refractivity contribution in [2.24, 2.45) is 0 Å². The van der Waals surface area contributed by atoms with E-state index in [0.717, 1.165) is 64.3 Å². The Hall–Kier alpha value is -1.40. The van der Waals surface area contributed by atoms with E-state index in [0.29, 0.717) is 0 Å². The molecule has 2 aliphatic heterocycles. The van der Waals surface area contributed by atoms with E-state index in [9.17, 15) is 9.59 Å². The monoisotopic (exact) mass is 325 g/mol. The van der Waals surface area contributed by atoms with E-state index in [2.05, 4.69) is 4.90 Å². The van der Waals surface area contributed by atoms with Crippen LogP contribution in [0.1, 0.15) is 38.5 Å². The first-order chi connectivity index (χ1) is 11.2. The summed E-state index contributed by atoms with van der Waals surface area (Å²) in [5.41, 5.74) is 0. The second kappa shape index (κ2) is 10.4. The SMILES string of the molecule is O=C1/C=C\C(=O)OC(CCCCCCCN2CCOCC2)CO1. The molecular formula is C17H27NO5. The summed E-state index contributed by atoms with van der Waals surface area (Å²) in [6, 6.07) is 0. The zero-order valence-corrected chi connectivity index (χ0v) is 13.7. The zero-order valence-electron chi connectivity index (χ0n) is 13.7. The van der Waals surface area contributed by atoms with Crippen molar-refractivity contribution in [1.29, 1.82) is 0 Å². The predicted molar refractivity (Wildman–Crippen MR) is 84.9 cm³/mol. The van der Waals surface area contributed by atoms with Gasteiger partial charge in [-0.1, -0.05) is 19.3 Å². The number of rotatable bonds is 8. The maximum atomic E-state index is 11.4. The van der Waals surface area contributed by atoms with E-state index >= 15 is 0 Å². The molecule has 0 aromatic carbocycles. The van der Waals surface area contributed by atoms with Gasteiger partial charge in [-0.15, -0.1) is 0 Å². The van der Waals surface area contributed by atoms with Gasteiger partial charge >= 0.3 is 11.9 Å². The maximum Gasteiger partial charge on any atom is 0.331 e. The second-order valence-corrected chi connectivity index (χ2v) is 6.03.